The van der Waals surface area contributed by atoms with Gasteiger partial charge < -0.3 is 9.47 Å². The zero-order valence-corrected chi connectivity index (χ0v) is 19.3. The molecule has 13 nitrogen and oxygen atoms in total. The predicted molar refractivity (Wildman–Crippen MR) is 129 cm³/mol. The first-order valence-corrected chi connectivity index (χ1v) is 11.0. The maximum Gasteiger partial charge on any atom is 0.426 e. The number of nitro benzene ring substituents is 1. The number of aromatic nitrogens is 4. The lowest BCUT2D eigenvalue weighted by molar-refractivity contribution is -0.384. The molecule has 0 bridgehead atoms. The quantitative estimate of drug-likeness (QED) is 0.258. The molecule has 0 aliphatic heterocycles. The van der Waals surface area contributed by atoms with E-state index in [0.717, 1.165) is 10.4 Å². The van der Waals surface area contributed by atoms with Crippen molar-refractivity contribution >= 4 is 17.7 Å². The molecule has 13 heteroatoms. The van der Waals surface area contributed by atoms with Gasteiger partial charge in [-0.15, -0.1) is 10.2 Å². The summed E-state index contributed by atoms with van der Waals surface area (Å²) in [5.41, 5.74) is 6.30. The molecule has 0 radical (unpaired) electrons. The number of benzene rings is 3. The highest BCUT2D eigenvalue weighted by atomic mass is 16.6. The molecule has 1 aromatic heterocycles. The van der Waals surface area contributed by atoms with Crippen LogP contribution < -0.4 is 15.6 Å². The number of rotatable bonds is 9. The van der Waals surface area contributed by atoms with Crippen molar-refractivity contribution in [3.8, 4) is 17.1 Å². The van der Waals surface area contributed by atoms with Gasteiger partial charge in [-0.05, 0) is 28.5 Å². The van der Waals surface area contributed by atoms with Crippen molar-refractivity contribution in [2.75, 3.05) is 0 Å². The van der Waals surface area contributed by atoms with Crippen LogP contribution in [0.5, 0.6) is 5.75 Å². The number of non-ortho nitro benzene ring substituents is 1. The first-order valence-electron chi connectivity index (χ1n) is 11.0. The van der Waals surface area contributed by atoms with Crippen LogP contribution >= 0.6 is 0 Å². The van der Waals surface area contributed by atoms with Crippen molar-refractivity contribution in [3.05, 3.63) is 100 Å². The van der Waals surface area contributed by atoms with Crippen molar-refractivity contribution in [1.82, 2.24) is 31.1 Å². The summed E-state index contributed by atoms with van der Waals surface area (Å²) in [6, 6.07) is 22.5. The number of tetrazole rings is 1. The van der Waals surface area contributed by atoms with Gasteiger partial charge in [0.05, 0.1) is 4.92 Å². The Labute approximate surface area is 210 Å². The van der Waals surface area contributed by atoms with E-state index in [1.807, 2.05) is 30.3 Å². The lowest BCUT2D eigenvalue weighted by Gasteiger charge is -2.10. The summed E-state index contributed by atoms with van der Waals surface area (Å²) in [7, 11) is 0. The van der Waals surface area contributed by atoms with Crippen LogP contribution in [0.3, 0.4) is 0 Å². The fourth-order valence-electron chi connectivity index (χ4n) is 3.12. The second-order valence-electron chi connectivity index (χ2n) is 7.62. The van der Waals surface area contributed by atoms with Crippen LogP contribution in [0.1, 0.15) is 11.1 Å². The third kappa shape index (κ3) is 7.32. The van der Waals surface area contributed by atoms with Gasteiger partial charge in [0.25, 0.3) is 11.6 Å². The Hall–Kier alpha value is -5.33. The van der Waals surface area contributed by atoms with Crippen molar-refractivity contribution < 1.29 is 24.0 Å². The molecule has 0 atom stereocenters. The molecular weight excluding hydrogens is 482 g/mol. The van der Waals surface area contributed by atoms with Crippen molar-refractivity contribution in [1.29, 1.82) is 0 Å². The van der Waals surface area contributed by atoms with Gasteiger partial charge in [-0.1, -0.05) is 54.6 Å². The Kier molecular flexibility index (Phi) is 7.96. The van der Waals surface area contributed by atoms with Gasteiger partial charge in [-0.2, -0.15) is 4.80 Å². The Morgan fingerprint density at radius 3 is 2.51 bits per heavy atom. The number of carbonyl (C=O) groups is 2. The Bertz CT molecular complexity index is 1390. The summed E-state index contributed by atoms with van der Waals surface area (Å²) in [6.45, 7) is 0.00943. The highest BCUT2D eigenvalue weighted by Gasteiger charge is 2.13. The van der Waals surface area contributed by atoms with Gasteiger partial charge in [-0.25, -0.2) is 10.2 Å². The van der Waals surface area contributed by atoms with Gasteiger partial charge in [0, 0.05) is 17.7 Å². The average Bonchev–Trinajstić information content (AvgIpc) is 3.39. The van der Waals surface area contributed by atoms with E-state index in [4.69, 9.17) is 9.47 Å². The number of carbonyl (C=O) groups excluding carboxylic acids is 2. The zero-order chi connectivity index (χ0) is 26.0. The normalized spacial score (nSPS) is 10.4. The SMILES string of the molecule is O=C(Cn1nnc(-c2cccc([N+](=O)[O-])c2)n1)NNC(=O)OCc1cccc(OCc2ccccc2)c1. The summed E-state index contributed by atoms with van der Waals surface area (Å²) < 4.78 is 10.9. The number of hydrogen-bond donors (Lipinski definition) is 2. The smallest absolute Gasteiger partial charge is 0.426 e. The largest absolute Gasteiger partial charge is 0.489 e. The highest BCUT2D eigenvalue weighted by molar-refractivity contribution is 5.78. The third-order valence-corrected chi connectivity index (χ3v) is 4.87. The standard InChI is InChI=1S/C24H21N7O6/c32-22(14-30-28-23(26-29-30)19-9-5-10-20(13-19)31(34)35)25-27-24(33)37-16-18-8-4-11-21(12-18)36-15-17-6-2-1-3-7-17/h1-13H,14-16H2,(H,25,32)(H,27,33). The number of hydrazine groups is 1. The van der Waals surface area contributed by atoms with E-state index in [9.17, 15) is 19.7 Å². The van der Waals surface area contributed by atoms with E-state index in [1.165, 1.54) is 18.2 Å². The predicted octanol–water partition coefficient (Wildman–Crippen LogP) is 2.78. The summed E-state index contributed by atoms with van der Waals surface area (Å²) in [4.78, 5) is 35.4. The molecule has 2 amide bonds. The van der Waals surface area contributed by atoms with Crippen molar-refractivity contribution in [2.45, 2.75) is 19.8 Å². The van der Waals surface area contributed by atoms with Crippen LogP contribution in [-0.2, 0) is 29.3 Å². The second-order valence-corrected chi connectivity index (χ2v) is 7.62. The zero-order valence-electron chi connectivity index (χ0n) is 19.3. The minimum absolute atomic E-state index is 0.0402. The van der Waals surface area contributed by atoms with Crippen LogP contribution in [0.4, 0.5) is 10.5 Å². The maximum atomic E-state index is 12.1. The highest BCUT2D eigenvalue weighted by Crippen LogP contribution is 2.20. The van der Waals surface area contributed by atoms with Crippen LogP contribution in [0.25, 0.3) is 11.4 Å². The molecule has 0 aliphatic rings. The molecule has 0 saturated carbocycles. The number of nitrogens with zero attached hydrogens (tertiary/aromatic N) is 5. The summed E-state index contributed by atoms with van der Waals surface area (Å²) in [5.74, 6) is 0.0959. The number of nitro groups is 1. The molecule has 2 N–H and O–H groups in total. The van der Waals surface area contributed by atoms with Crippen molar-refractivity contribution in [2.24, 2.45) is 0 Å². The van der Waals surface area contributed by atoms with E-state index < -0.39 is 16.9 Å². The number of hydrogen-bond acceptors (Lipinski definition) is 9. The van der Waals surface area contributed by atoms with Gasteiger partial charge in [0.2, 0.25) is 5.82 Å². The number of ether oxygens (including phenoxy) is 2. The fourth-order valence-corrected chi connectivity index (χ4v) is 3.12. The van der Waals surface area contributed by atoms with E-state index >= 15 is 0 Å². The van der Waals surface area contributed by atoms with Crippen molar-refractivity contribution in [3.63, 3.8) is 0 Å². The molecule has 188 valence electrons. The van der Waals surface area contributed by atoms with Crippen LogP contribution in [-0.4, -0.2) is 37.1 Å². The number of amides is 2. The fraction of sp³-hybridized carbons (Fsp3) is 0.125. The van der Waals surface area contributed by atoms with Gasteiger partial charge in [0.15, 0.2) is 0 Å². The Morgan fingerprint density at radius 2 is 1.70 bits per heavy atom. The summed E-state index contributed by atoms with van der Waals surface area (Å²) >= 11 is 0. The first-order chi connectivity index (χ1) is 18.0. The number of nitrogens with one attached hydrogen (secondary N) is 2. The second kappa shape index (κ2) is 11.9. The Morgan fingerprint density at radius 1 is 0.919 bits per heavy atom. The molecule has 1 heterocycles. The topological polar surface area (TPSA) is 163 Å². The van der Waals surface area contributed by atoms with E-state index in [1.54, 1.807) is 30.3 Å². The first kappa shape index (κ1) is 24.8. The monoisotopic (exact) mass is 503 g/mol. The van der Waals surface area contributed by atoms with E-state index in [0.29, 0.717) is 23.5 Å². The molecule has 0 aliphatic carbocycles. The summed E-state index contributed by atoms with van der Waals surface area (Å²) in [6.07, 6.45) is -0.868. The average molecular weight is 503 g/mol. The molecule has 37 heavy (non-hydrogen) atoms. The molecule has 0 fully saturated rings. The summed E-state index contributed by atoms with van der Waals surface area (Å²) in [5, 5.41) is 22.5. The van der Waals surface area contributed by atoms with Crippen LogP contribution in [0, 0.1) is 10.1 Å². The van der Waals surface area contributed by atoms with E-state index in [-0.39, 0.29) is 24.7 Å². The third-order valence-electron chi connectivity index (χ3n) is 4.87. The molecule has 0 saturated heterocycles. The lowest BCUT2D eigenvalue weighted by atomic mass is 10.2. The van der Waals surface area contributed by atoms with Gasteiger partial charge >= 0.3 is 6.09 Å². The molecule has 4 aromatic rings. The van der Waals surface area contributed by atoms with Crippen LogP contribution in [0.2, 0.25) is 0 Å². The molecule has 0 spiro atoms. The molecule has 0 unspecified atom stereocenters. The van der Waals surface area contributed by atoms with E-state index in [2.05, 4.69) is 26.3 Å². The molecule has 3 aromatic carbocycles. The molecule has 4 rings (SSSR count). The van der Waals surface area contributed by atoms with Crippen LogP contribution in [0.15, 0.2) is 78.9 Å². The lowest BCUT2D eigenvalue weighted by Crippen LogP contribution is -2.43. The minimum Gasteiger partial charge on any atom is -0.489 e. The maximum absolute atomic E-state index is 12.1. The van der Waals surface area contributed by atoms with Gasteiger partial charge in [0.1, 0.15) is 25.5 Å². The Balaban J connectivity index is 1.20. The minimum atomic E-state index is -0.868. The molecular formula is C24H21N7O6. The van der Waals surface area contributed by atoms with Gasteiger partial charge in [-0.3, -0.25) is 20.3 Å².